The van der Waals surface area contributed by atoms with Gasteiger partial charge in [-0.3, -0.25) is 4.68 Å². The first kappa shape index (κ1) is 11.7. The number of aryl methyl sites for hydroxylation is 1. The second-order valence-corrected chi connectivity index (χ2v) is 4.44. The van der Waals surface area contributed by atoms with E-state index in [-0.39, 0.29) is 0 Å². The predicted octanol–water partition coefficient (Wildman–Crippen LogP) is 2.93. The Morgan fingerprint density at radius 1 is 1.05 bits per heavy atom. The van der Waals surface area contributed by atoms with E-state index >= 15 is 0 Å². The molecule has 0 unspecified atom stereocenters. The van der Waals surface area contributed by atoms with Crippen LogP contribution in [-0.2, 0) is 6.54 Å². The summed E-state index contributed by atoms with van der Waals surface area (Å²) in [7, 11) is 0. The summed E-state index contributed by atoms with van der Waals surface area (Å²) < 4.78 is 1.94. The minimum Gasteiger partial charge on any atom is -0.370 e. The third kappa shape index (κ3) is 2.91. The number of anilines is 1. The van der Waals surface area contributed by atoms with Gasteiger partial charge in [0.25, 0.3) is 0 Å². The fourth-order valence-electron chi connectivity index (χ4n) is 2.05. The minimum absolute atomic E-state index is 0.894. The summed E-state index contributed by atoms with van der Waals surface area (Å²) in [5, 5.41) is 8.69. The lowest BCUT2D eigenvalue weighted by Gasteiger charge is -2.06. The molecule has 0 aliphatic carbocycles. The van der Waals surface area contributed by atoms with Crippen LogP contribution < -0.4 is 5.32 Å². The third-order valence-corrected chi connectivity index (χ3v) is 3.03. The van der Waals surface area contributed by atoms with Crippen molar-refractivity contribution >= 4 is 16.7 Å². The van der Waals surface area contributed by atoms with Gasteiger partial charge in [0.2, 0.25) is 0 Å². The largest absolute Gasteiger partial charge is 0.370 e. The van der Waals surface area contributed by atoms with Crippen LogP contribution >= 0.6 is 0 Å². The number of fused-ring (bicyclic) bond motifs is 1. The van der Waals surface area contributed by atoms with Gasteiger partial charge >= 0.3 is 0 Å². The number of para-hydroxylation sites is 1. The molecule has 0 aliphatic heterocycles. The van der Waals surface area contributed by atoms with Crippen molar-refractivity contribution in [2.75, 3.05) is 11.9 Å². The van der Waals surface area contributed by atoms with Crippen molar-refractivity contribution in [3.05, 3.63) is 54.9 Å². The van der Waals surface area contributed by atoms with Crippen LogP contribution in [0.2, 0.25) is 0 Å². The van der Waals surface area contributed by atoms with Gasteiger partial charge in [-0.2, -0.15) is 5.10 Å². The fourth-order valence-corrected chi connectivity index (χ4v) is 2.05. The van der Waals surface area contributed by atoms with Crippen LogP contribution in [0.1, 0.15) is 6.42 Å². The molecule has 1 aromatic carbocycles. The topological polar surface area (TPSA) is 42.7 Å². The van der Waals surface area contributed by atoms with E-state index in [0.717, 1.165) is 30.8 Å². The van der Waals surface area contributed by atoms with Gasteiger partial charge in [-0.25, -0.2) is 4.98 Å². The van der Waals surface area contributed by atoms with E-state index in [9.17, 15) is 0 Å². The summed E-state index contributed by atoms with van der Waals surface area (Å²) in [5.74, 6) is 0.930. The summed E-state index contributed by atoms with van der Waals surface area (Å²) in [4.78, 5) is 4.58. The van der Waals surface area contributed by atoms with E-state index in [1.165, 1.54) is 5.39 Å². The molecule has 0 bridgehead atoms. The van der Waals surface area contributed by atoms with Gasteiger partial charge in [0, 0.05) is 30.9 Å². The van der Waals surface area contributed by atoms with Gasteiger partial charge < -0.3 is 5.32 Å². The number of rotatable bonds is 5. The Bertz CT molecular complexity index is 646. The number of nitrogens with one attached hydrogen (secondary N) is 1. The van der Waals surface area contributed by atoms with Crippen molar-refractivity contribution in [1.29, 1.82) is 0 Å². The number of nitrogens with zero attached hydrogens (tertiary/aromatic N) is 3. The predicted molar refractivity (Wildman–Crippen MR) is 77.1 cm³/mol. The van der Waals surface area contributed by atoms with Crippen LogP contribution in [0.25, 0.3) is 10.9 Å². The molecule has 0 amide bonds. The van der Waals surface area contributed by atoms with Gasteiger partial charge in [0.1, 0.15) is 5.82 Å². The molecule has 0 fully saturated rings. The standard InChI is InChI=1S/C15H16N4/c1-2-6-14-13(5-1)7-8-15(18-14)16-9-3-11-19-12-4-10-17-19/h1-2,4-8,10,12H,3,9,11H2,(H,16,18). The SMILES string of the molecule is c1ccc2nc(NCCCn3cccn3)ccc2c1. The zero-order valence-corrected chi connectivity index (χ0v) is 10.7. The molecule has 1 N–H and O–H groups in total. The zero-order valence-electron chi connectivity index (χ0n) is 10.7. The molecule has 0 radical (unpaired) electrons. The second-order valence-electron chi connectivity index (χ2n) is 4.44. The van der Waals surface area contributed by atoms with Crippen molar-refractivity contribution in [2.24, 2.45) is 0 Å². The summed E-state index contributed by atoms with van der Waals surface area (Å²) in [6.45, 7) is 1.82. The van der Waals surface area contributed by atoms with Crippen molar-refractivity contribution in [3.63, 3.8) is 0 Å². The Kier molecular flexibility index (Phi) is 3.40. The van der Waals surface area contributed by atoms with E-state index in [2.05, 4.69) is 27.5 Å². The molecule has 0 saturated heterocycles. The van der Waals surface area contributed by atoms with E-state index in [1.54, 1.807) is 6.20 Å². The number of benzene rings is 1. The van der Waals surface area contributed by atoms with Crippen LogP contribution in [0.3, 0.4) is 0 Å². The first-order valence-electron chi connectivity index (χ1n) is 6.49. The van der Waals surface area contributed by atoms with Crippen LogP contribution in [0.4, 0.5) is 5.82 Å². The number of hydrogen-bond acceptors (Lipinski definition) is 3. The van der Waals surface area contributed by atoms with Crippen molar-refractivity contribution < 1.29 is 0 Å². The average Bonchev–Trinajstić information content (AvgIpc) is 2.97. The summed E-state index contributed by atoms with van der Waals surface area (Å²) in [6.07, 6.45) is 4.81. The smallest absolute Gasteiger partial charge is 0.126 e. The van der Waals surface area contributed by atoms with E-state index in [4.69, 9.17) is 0 Å². The number of hydrogen-bond donors (Lipinski definition) is 1. The molecular formula is C15H16N4. The molecule has 4 heteroatoms. The molecule has 0 saturated carbocycles. The van der Waals surface area contributed by atoms with Gasteiger partial charge in [-0.05, 0) is 30.7 Å². The summed E-state index contributed by atoms with van der Waals surface area (Å²) in [6, 6.07) is 14.2. The van der Waals surface area contributed by atoms with Gasteiger partial charge in [-0.15, -0.1) is 0 Å². The molecule has 3 aromatic rings. The molecule has 2 heterocycles. The van der Waals surface area contributed by atoms with E-state index in [0.29, 0.717) is 0 Å². The van der Waals surface area contributed by atoms with Crippen molar-refractivity contribution in [3.8, 4) is 0 Å². The Morgan fingerprint density at radius 2 is 2.00 bits per heavy atom. The van der Waals surface area contributed by atoms with Crippen LogP contribution in [0.5, 0.6) is 0 Å². The second kappa shape index (κ2) is 5.52. The zero-order chi connectivity index (χ0) is 12.9. The minimum atomic E-state index is 0.894. The lowest BCUT2D eigenvalue weighted by molar-refractivity contribution is 0.591. The first-order valence-corrected chi connectivity index (χ1v) is 6.49. The molecule has 0 atom stereocenters. The van der Waals surface area contributed by atoms with Crippen LogP contribution in [0, 0.1) is 0 Å². The number of pyridine rings is 1. The third-order valence-electron chi connectivity index (χ3n) is 3.03. The van der Waals surface area contributed by atoms with Gasteiger partial charge in [0.05, 0.1) is 5.52 Å². The molecule has 96 valence electrons. The fraction of sp³-hybridized carbons (Fsp3) is 0.200. The molecule has 19 heavy (non-hydrogen) atoms. The summed E-state index contributed by atoms with van der Waals surface area (Å²) in [5.41, 5.74) is 1.03. The average molecular weight is 252 g/mol. The van der Waals surface area contributed by atoms with Crippen molar-refractivity contribution in [1.82, 2.24) is 14.8 Å². The van der Waals surface area contributed by atoms with Crippen LogP contribution in [0.15, 0.2) is 54.9 Å². The molecule has 2 aromatic heterocycles. The molecule has 4 nitrogen and oxygen atoms in total. The van der Waals surface area contributed by atoms with E-state index in [1.807, 2.05) is 41.2 Å². The normalized spacial score (nSPS) is 10.7. The first-order chi connectivity index (χ1) is 9.42. The maximum atomic E-state index is 4.58. The highest BCUT2D eigenvalue weighted by Gasteiger charge is 1.97. The Morgan fingerprint density at radius 3 is 2.89 bits per heavy atom. The maximum Gasteiger partial charge on any atom is 0.126 e. The Balaban J connectivity index is 1.56. The Labute approximate surface area is 112 Å². The molecule has 0 spiro atoms. The van der Waals surface area contributed by atoms with Crippen molar-refractivity contribution in [2.45, 2.75) is 13.0 Å². The lowest BCUT2D eigenvalue weighted by atomic mass is 10.2. The van der Waals surface area contributed by atoms with Gasteiger partial charge in [-0.1, -0.05) is 18.2 Å². The lowest BCUT2D eigenvalue weighted by Crippen LogP contribution is -2.07. The monoisotopic (exact) mass is 252 g/mol. The Hall–Kier alpha value is -2.36. The molecule has 3 rings (SSSR count). The summed E-state index contributed by atoms with van der Waals surface area (Å²) >= 11 is 0. The highest BCUT2D eigenvalue weighted by molar-refractivity contribution is 5.79. The molecular weight excluding hydrogens is 236 g/mol. The van der Waals surface area contributed by atoms with E-state index < -0.39 is 0 Å². The number of aromatic nitrogens is 3. The van der Waals surface area contributed by atoms with Crippen LogP contribution in [-0.4, -0.2) is 21.3 Å². The van der Waals surface area contributed by atoms with Gasteiger partial charge in [0.15, 0.2) is 0 Å². The highest BCUT2D eigenvalue weighted by Crippen LogP contribution is 2.14. The molecule has 0 aliphatic rings. The quantitative estimate of drug-likeness (QED) is 0.710. The highest BCUT2D eigenvalue weighted by atomic mass is 15.3. The maximum absolute atomic E-state index is 4.58.